The second kappa shape index (κ2) is 4.56. The minimum Gasteiger partial charge on any atom is -0.294 e. The average Bonchev–Trinajstić information content (AvgIpc) is 2.16. The van der Waals surface area contributed by atoms with E-state index >= 15 is 0 Å². The topological polar surface area (TPSA) is 17.1 Å². The van der Waals surface area contributed by atoms with Gasteiger partial charge < -0.3 is 0 Å². The predicted octanol–water partition coefficient (Wildman–Crippen LogP) is 3.48. The Morgan fingerprint density at radius 2 is 2.15 bits per heavy atom. The maximum atomic E-state index is 11.5. The number of halogens is 1. The molecule has 0 spiro atoms. The van der Waals surface area contributed by atoms with Gasteiger partial charge in [0.15, 0.2) is 5.78 Å². The third kappa shape index (κ3) is 2.41. The molecule has 2 heteroatoms. The predicted molar refractivity (Wildman–Crippen MR) is 58.4 cm³/mol. The fourth-order valence-electron chi connectivity index (χ4n) is 1.30. The summed E-state index contributed by atoms with van der Waals surface area (Å²) in [5.41, 5.74) is 3.14. The molecular weight excluding hydrogens is 228 g/mol. The average molecular weight is 241 g/mol. The normalized spacial score (nSPS) is 10.1. The third-order valence-corrected chi connectivity index (χ3v) is 2.63. The number of aryl methyl sites for hydroxylation is 1. The molecule has 0 amide bonds. The molecule has 0 saturated carbocycles. The molecule has 70 valence electrons. The van der Waals surface area contributed by atoms with Crippen LogP contribution in [0.4, 0.5) is 0 Å². The van der Waals surface area contributed by atoms with E-state index in [9.17, 15) is 4.79 Å². The van der Waals surface area contributed by atoms with Crippen LogP contribution in [-0.4, -0.2) is 5.78 Å². The first-order chi connectivity index (χ1) is 6.19. The van der Waals surface area contributed by atoms with E-state index in [1.807, 2.05) is 26.0 Å². The molecule has 0 radical (unpaired) electrons. The van der Waals surface area contributed by atoms with E-state index < -0.39 is 0 Å². The molecule has 1 aromatic carbocycles. The van der Waals surface area contributed by atoms with Crippen LogP contribution in [0.2, 0.25) is 0 Å². The molecular formula is C11H13BrO. The Balaban J connectivity index is 3.13. The first-order valence-corrected chi connectivity index (χ1v) is 5.50. The summed E-state index contributed by atoms with van der Waals surface area (Å²) in [5, 5.41) is 0.746. The van der Waals surface area contributed by atoms with Crippen LogP contribution in [0.5, 0.6) is 0 Å². The van der Waals surface area contributed by atoms with Crippen LogP contribution in [0, 0.1) is 6.92 Å². The zero-order valence-corrected chi connectivity index (χ0v) is 9.52. The van der Waals surface area contributed by atoms with Crippen LogP contribution >= 0.6 is 15.9 Å². The van der Waals surface area contributed by atoms with Crippen LogP contribution in [0.1, 0.15) is 34.8 Å². The Kier molecular flexibility index (Phi) is 3.67. The van der Waals surface area contributed by atoms with Crippen molar-refractivity contribution < 1.29 is 4.79 Å². The number of ketones is 1. The van der Waals surface area contributed by atoms with E-state index in [1.54, 1.807) is 0 Å². The van der Waals surface area contributed by atoms with Crippen molar-refractivity contribution in [2.24, 2.45) is 0 Å². The standard InChI is InChI=1S/C11H13BrO/c1-3-11(13)10-5-4-8(2)6-9(10)7-12/h4-6H,3,7H2,1-2H3. The molecule has 1 aromatic rings. The summed E-state index contributed by atoms with van der Waals surface area (Å²) in [6.45, 7) is 3.92. The number of carbonyl (C=O) groups is 1. The highest BCUT2D eigenvalue weighted by molar-refractivity contribution is 9.08. The van der Waals surface area contributed by atoms with Gasteiger partial charge in [0.2, 0.25) is 0 Å². The molecule has 0 fully saturated rings. The highest BCUT2D eigenvalue weighted by atomic mass is 79.9. The largest absolute Gasteiger partial charge is 0.294 e. The second-order valence-electron chi connectivity index (χ2n) is 3.07. The maximum Gasteiger partial charge on any atom is 0.162 e. The van der Waals surface area contributed by atoms with E-state index in [4.69, 9.17) is 0 Å². The van der Waals surface area contributed by atoms with Gasteiger partial charge >= 0.3 is 0 Å². The maximum absolute atomic E-state index is 11.5. The molecule has 0 aliphatic rings. The third-order valence-electron chi connectivity index (χ3n) is 2.03. The summed E-state index contributed by atoms with van der Waals surface area (Å²) in [5.74, 6) is 0.217. The highest BCUT2D eigenvalue weighted by Crippen LogP contribution is 2.16. The zero-order valence-electron chi connectivity index (χ0n) is 7.93. The molecule has 1 rings (SSSR count). The van der Waals surface area contributed by atoms with Crippen LogP contribution in [0.15, 0.2) is 18.2 Å². The number of benzene rings is 1. The van der Waals surface area contributed by atoms with Gasteiger partial charge in [0.05, 0.1) is 0 Å². The van der Waals surface area contributed by atoms with Gasteiger partial charge in [-0.1, -0.05) is 46.6 Å². The number of alkyl halides is 1. The summed E-state index contributed by atoms with van der Waals surface area (Å²) >= 11 is 3.39. The van der Waals surface area contributed by atoms with Crippen molar-refractivity contribution in [3.8, 4) is 0 Å². The lowest BCUT2D eigenvalue weighted by atomic mass is 10.0. The first-order valence-electron chi connectivity index (χ1n) is 4.37. The van der Waals surface area contributed by atoms with Gasteiger partial charge in [-0.15, -0.1) is 0 Å². The Morgan fingerprint density at radius 3 is 2.69 bits per heavy atom. The lowest BCUT2D eigenvalue weighted by molar-refractivity contribution is 0.0987. The van der Waals surface area contributed by atoms with Gasteiger partial charge in [-0.2, -0.15) is 0 Å². The minimum atomic E-state index is 0.217. The van der Waals surface area contributed by atoms with Gasteiger partial charge in [-0.3, -0.25) is 4.79 Å². The van der Waals surface area contributed by atoms with Crippen molar-refractivity contribution in [2.75, 3.05) is 0 Å². The van der Waals surface area contributed by atoms with Crippen molar-refractivity contribution >= 4 is 21.7 Å². The van der Waals surface area contributed by atoms with E-state index in [2.05, 4.69) is 22.0 Å². The highest BCUT2D eigenvalue weighted by Gasteiger charge is 2.07. The second-order valence-corrected chi connectivity index (χ2v) is 3.63. The fraction of sp³-hybridized carbons (Fsp3) is 0.364. The minimum absolute atomic E-state index is 0.217. The number of rotatable bonds is 3. The molecule has 0 N–H and O–H groups in total. The van der Waals surface area contributed by atoms with Crippen LogP contribution in [0.25, 0.3) is 0 Å². The molecule has 1 nitrogen and oxygen atoms in total. The summed E-state index contributed by atoms with van der Waals surface area (Å²) in [7, 11) is 0. The van der Waals surface area contributed by atoms with Crippen molar-refractivity contribution in [3.63, 3.8) is 0 Å². The molecule has 0 unspecified atom stereocenters. The summed E-state index contributed by atoms with van der Waals surface area (Å²) in [6.07, 6.45) is 0.572. The SMILES string of the molecule is CCC(=O)c1ccc(C)cc1CBr. The van der Waals surface area contributed by atoms with Crippen molar-refractivity contribution in [2.45, 2.75) is 25.6 Å². The van der Waals surface area contributed by atoms with Gasteiger partial charge in [0.1, 0.15) is 0 Å². The molecule has 0 heterocycles. The van der Waals surface area contributed by atoms with Gasteiger partial charge in [0.25, 0.3) is 0 Å². The van der Waals surface area contributed by atoms with Gasteiger partial charge in [-0.25, -0.2) is 0 Å². The summed E-state index contributed by atoms with van der Waals surface area (Å²) in [4.78, 5) is 11.5. The molecule has 0 aliphatic heterocycles. The monoisotopic (exact) mass is 240 g/mol. The van der Waals surface area contributed by atoms with Crippen LogP contribution < -0.4 is 0 Å². The van der Waals surface area contributed by atoms with Crippen molar-refractivity contribution in [3.05, 3.63) is 34.9 Å². The van der Waals surface area contributed by atoms with Crippen LogP contribution in [-0.2, 0) is 5.33 Å². The summed E-state index contributed by atoms with van der Waals surface area (Å²) in [6, 6.07) is 5.95. The smallest absolute Gasteiger partial charge is 0.162 e. The Morgan fingerprint density at radius 1 is 1.46 bits per heavy atom. The molecule has 0 aromatic heterocycles. The molecule has 0 bridgehead atoms. The van der Waals surface area contributed by atoms with Crippen LogP contribution in [0.3, 0.4) is 0 Å². The molecule has 13 heavy (non-hydrogen) atoms. The van der Waals surface area contributed by atoms with Crippen molar-refractivity contribution in [1.82, 2.24) is 0 Å². The van der Waals surface area contributed by atoms with E-state index in [-0.39, 0.29) is 5.78 Å². The quantitative estimate of drug-likeness (QED) is 0.584. The lowest BCUT2D eigenvalue weighted by Crippen LogP contribution is -2.01. The number of hydrogen-bond acceptors (Lipinski definition) is 1. The zero-order chi connectivity index (χ0) is 9.84. The van der Waals surface area contributed by atoms with Crippen molar-refractivity contribution in [1.29, 1.82) is 0 Å². The fourth-order valence-corrected chi connectivity index (χ4v) is 1.76. The molecule has 0 aliphatic carbocycles. The number of Topliss-reactive ketones (excluding diaryl/α,β-unsaturated/α-hetero) is 1. The molecule has 0 saturated heterocycles. The first kappa shape index (κ1) is 10.5. The summed E-state index contributed by atoms with van der Waals surface area (Å²) < 4.78 is 0. The lowest BCUT2D eigenvalue weighted by Gasteiger charge is -2.05. The Bertz CT molecular complexity index is 318. The van der Waals surface area contributed by atoms with Gasteiger partial charge in [-0.05, 0) is 12.5 Å². The Labute approximate surface area is 87.3 Å². The van der Waals surface area contributed by atoms with E-state index in [0.717, 1.165) is 16.5 Å². The van der Waals surface area contributed by atoms with E-state index in [0.29, 0.717) is 6.42 Å². The molecule has 0 atom stereocenters. The Hall–Kier alpha value is -0.630. The van der Waals surface area contributed by atoms with E-state index in [1.165, 1.54) is 5.56 Å². The number of carbonyl (C=O) groups excluding carboxylic acids is 1. The van der Waals surface area contributed by atoms with Gasteiger partial charge in [0, 0.05) is 17.3 Å². The number of hydrogen-bond donors (Lipinski definition) is 0.